The topological polar surface area (TPSA) is 99.2 Å². The second-order valence-corrected chi connectivity index (χ2v) is 7.86. The van der Waals surface area contributed by atoms with E-state index in [2.05, 4.69) is 15.2 Å². The first-order chi connectivity index (χ1) is 11.9. The number of piperidine rings is 1. The lowest BCUT2D eigenvalue weighted by Gasteiger charge is -2.31. The Bertz CT molecular complexity index is 775. The van der Waals surface area contributed by atoms with Crippen molar-refractivity contribution < 1.29 is 14.7 Å². The number of carbonyl (C=O) groups is 2. The van der Waals surface area contributed by atoms with E-state index in [4.69, 9.17) is 5.11 Å². The number of aryl methyl sites for hydroxylation is 2. The van der Waals surface area contributed by atoms with Crippen LogP contribution in [-0.2, 0) is 22.4 Å². The van der Waals surface area contributed by atoms with Crippen molar-refractivity contribution >= 4 is 23.2 Å². The van der Waals surface area contributed by atoms with Gasteiger partial charge in [-0.25, -0.2) is 4.98 Å². The van der Waals surface area contributed by atoms with Gasteiger partial charge in [0, 0.05) is 29.6 Å². The fraction of sp³-hybridized carbons (Fsp3) is 0.529. The number of nitrogens with zero attached hydrogens (tertiary/aromatic N) is 3. The third kappa shape index (κ3) is 4.25. The number of H-pyrrole nitrogens is 1. The van der Waals surface area contributed by atoms with Crippen LogP contribution in [-0.4, -0.2) is 50.2 Å². The smallest absolute Gasteiger partial charge is 0.309 e. The van der Waals surface area contributed by atoms with E-state index in [9.17, 15) is 9.59 Å². The molecule has 0 radical (unpaired) electrons. The predicted octanol–water partition coefficient (Wildman–Crippen LogP) is 2.06. The molecular formula is C17H22N4O3S. The Morgan fingerprint density at radius 2 is 2.04 bits per heavy atom. The van der Waals surface area contributed by atoms with E-state index in [1.807, 2.05) is 24.8 Å². The van der Waals surface area contributed by atoms with E-state index in [1.165, 1.54) is 0 Å². The molecule has 0 spiro atoms. The summed E-state index contributed by atoms with van der Waals surface area (Å²) in [6.45, 7) is 5.37. The highest BCUT2D eigenvalue weighted by Crippen LogP contribution is 2.27. The van der Waals surface area contributed by atoms with Crippen LogP contribution in [0.15, 0.2) is 6.07 Å². The largest absolute Gasteiger partial charge is 0.481 e. The fourth-order valence-electron chi connectivity index (χ4n) is 3.26. The summed E-state index contributed by atoms with van der Waals surface area (Å²) in [5, 5.41) is 16.9. The molecule has 0 bridgehead atoms. The number of hydrogen-bond acceptors (Lipinski definition) is 5. The minimum absolute atomic E-state index is 0.0449. The first kappa shape index (κ1) is 17.6. The summed E-state index contributed by atoms with van der Waals surface area (Å²) < 4.78 is 0. The summed E-state index contributed by atoms with van der Waals surface area (Å²) in [7, 11) is 0. The summed E-state index contributed by atoms with van der Waals surface area (Å²) in [6.07, 6.45) is 2.01. The molecule has 7 nitrogen and oxygen atoms in total. The van der Waals surface area contributed by atoms with Crippen molar-refractivity contribution in [2.24, 2.45) is 0 Å². The van der Waals surface area contributed by atoms with Gasteiger partial charge in [0.15, 0.2) is 0 Å². The molecule has 2 aromatic heterocycles. The Morgan fingerprint density at radius 3 is 2.64 bits per heavy atom. The van der Waals surface area contributed by atoms with Crippen molar-refractivity contribution in [2.45, 2.75) is 45.4 Å². The van der Waals surface area contributed by atoms with Crippen LogP contribution in [0.4, 0.5) is 0 Å². The van der Waals surface area contributed by atoms with Crippen LogP contribution in [0.25, 0.3) is 0 Å². The normalized spacial score (nSPS) is 15.5. The molecule has 25 heavy (non-hydrogen) atoms. The molecule has 1 aliphatic heterocycles. The Balaban J connectivity index is 1.54. The van der Waals surface area contributed by atoms with E-state index in [0.29, 0.717) is 25.2 Å². The quantitative estimate of drug-likeness (QED) is 0.848. The zero-order chi connectivity index (χ0) is 18.0. The van der Waals surface area contributed by atoms with Gasteiger partial charge in [0.05, 0.1) is 29.2 Å². The standard InChI is InChI=1S/C17H22N4O3S/c1-10-14(18-11(2)25-10)9-16(22)21-5-3-12(4-6-21)15-7-13(19-20-15)8-17(23)24/h7,12H,3-6,8-9H2,1-2H3,(H,19,20)(H,23,24). The number of aliphatic carboxylic acids is 1. The van der Waals surface area contributed by atoms with E-state index in [0.717, 1.165) is 34.1 Å². The van der Waals surface area contributed by atoms with Crippen LogP contribution in [0.2, 0.25) is 0 Å². The molecule has 3 heterocycles. The number of nitrogens with one attached hydrogen (secondary N) is 1. The fourth-order valence-corrected chi connectivity index (χ4v) is 4.09. The first-order valence-electron chi connectivity index (χ1n) is 8.39. The molecule has 0 unspecified atom stereocenters. The highest BCUT2D eigenvalue weighted by atomic mass is 32.1. The molecule has 0 saturated carbocycles. The lowest BCUT2D eigenvalue weighted by molar-refractivity contribution is -0.136. The molecule has 1 saturated heterocycles. The van der Waals surface area contributed by atoms with Gasteiger partial charge in [-0.05, 0) is 32.8 Å². The molecule has 1 fully saturated rings. The van der Waals surface area contributed by atoms with Crippen molar-refractivity contribution in [2.75, 3.05) is 13.1 Å². The maximum absolute atomic E-state index is 12.5. The molecule has 134 valence electrons. The minimum atomic E-state index is -0.872. The SMILES string of the molecule is Cc1nc(CC(=O)N2CCC(c3cc(CC(=O)O)[nH]n3)CC2)c(C)s1. The molecule has 0 atom stereocenters. The van der Waals surface area contributed by atoms with Crippen LogP contribution in [0.1, 0.15) is 45.7 Å². The minimum Gasteiger partial charge on any atom is -0.481 e. The second-order valence-electron chi connectivity index (χ2n) is 6.46. The van der Waals surface area contributed by atoms with Crippen LogP contribution >= 0.6 is 11.3 Å². The molecule has 2 aromatic rings. The van der Waals surface area contributed by atoms with Crippen LogP contribution in [0.3, 0.4) is 0 Å². The summed E-state index contributed by atoms with van der Waals surface area (Å²) in [5.74, 6) is -0.477. The molecule has 0 aliphatic carbocycles. The van der Waals surface area contributed by atoms with Gasteiger partial charge in [-0.15, -0.1) is 11.3 Å². The average molecular weight is 362 g/mol. The van der Waals surface area contributed by atoms with Crippen molar-refractivity contribution in [3.63, 3.8) is 0 Å². The maximum atomic E-state index is 12.5. The molecule has 1 amide bonds. The van der Waals surface area contributed by atoms with Gasteiger partial charge in [0.1, 0.15) is 0 Å². The number of carbonyl (C=O) groups excluding carboxylic acids is 1. The lowest BCUT2D eigenvalue weighted by Crippen LogP contribution is -2.39. The first-order valence-corrected chi connectivity index (χ1v) is 9.20. The molecular weight excluding hydrogens is 340 g/mol. The Labute approximate surface area is 150 Å². The number of carboxylic acids is 1. The molecule has 2 N–H and O–H groups in total. The Morgan fingerprint density at radius 1 is 1.32 bits per heavy atom. The van der Waals surface area contributed by atoms with Crippen LogP contribution < -0.4 is 0 Å². The third-order valence-corrected chi connectivity index (χ3v) is 5.51. The highest BCUT2D eigenvalue weighted by Gasteiger charge is 2.26. The molecule has 8 heteroatoms. The van der Waals surface area contributed by atoms with Crippen molar-refractivity contribution in [3.05, 3.63) is 33.0 Å². The van der Waals surface area contributed by atoms with Gasteiger partial charge in [-0.3, -0.25) is 14.7 Å². The van der Waals surface area contributed by atoms with Crippen LogP contribution in [0, 0.1) is 13.8 Å². The van der Waals surface area contributed by atoms with Crippen molar-refractivity contribution in [1.29, 1.82) is 0 Å². The molecule has 1 aliphatic rings. The predicted molar refractivity (Wildman–Crippen MR) is 93.8 cm³/mol. The van der Waals surface area contributed by atoms with E-state index >= 15 is 0 Å². The van der Waals surface area contributed by atoms with E-state index in [-0.39, 0.29) is 18.2 Å². The monoisotopic (exact) mass is 362 g/mol. The van der Waals surface area contributed by atoms with Gasteiger partial charge >= 0.3 is 5.97 Å². The van der Waals surface area contributed by atoms with E-state index in [1.54, 1.807) is 11.3 Å². The van der Waals surface area contributed by atoms with E-state index < -0.39 is 5.97 Å². The van der Waals surface area contributed by atoms with Gasteiger partial charge in [0.25, 0.3) is 0 Å². The summed E-state index contributed by atoms with van der Waals surface area (Å²) in [5.41, 5.74) is 2.41. The third-order valence-electron chi connectivity index (χ3n) is 4.58. The average Bonchev–Trinajstić information content (AvgIpc) is 3.13. The number of thiazole rings is 1. The molecule has 3 rings (SSSR count). The number of amides is 1. The highest BCUT2D eigenvalue weighted by molar-refractivity contribution is 7.11. The number of hydrogen-bond donors (Lipinski definition) is 2. The van der Waals surface area contributed by atoms with Gasteiger partial charge < -0.3 is 10.0 Å². The number of likely N-dealkylation sites (tertiary alicyclic amines) is 1. The number of carboxylic acid groups (broad SMARTS) is 1. The Kier molecular flexibility index (Phi) is 5.17. The van der Waals surface area contributed by atoms with Gasteiger partial charge in [0.2, 0.25) is 5.91 Å². The number of aromatic nitrogens is 3. The van der Waals surface area contributed by atoms with Crippen molar-refractivity contribution in [3.8, 4) is 0 Å². The number of aromatic amines is 1. The summed E-state index contributed by atoms with van der Waals surface area (Å²) >= 11 is 1.63. The maximum Gasteiger partial charge on any atom is 0.309 e. The van der Waals surface area contributed by atoms with Crippen molar-refractivity contribution in [1.82, 2.24) is 20.1 Å². The molecule has 0 aromatic carbocycles. The second kappa shape index (κ2) is 7.35. The Hall–Kier alpha value is -2.22. The van der Waals surface area contributed by atoms with Crippen LogP contribution in [0.5, 0.6) is 0 Å². The van der Waals surface area contributed by atoms with Gasteiger partial charge in [-0.1, -0.05) is 0 Å². The zero-order valence-electron chi connectivity index (χ0n) is 14.4. The number of rotatable bonds is 5. The summed E-state index contributed by atoms with van der Waals surface area (Å²) in [4.78, 5) is 30.7. The van der Waals surface area contributed by atoms with Gasteiger partial charge in [-0.2, -0.15) is 5.10 Å². The summed E-state index contributed by atoms with van der Waals surface area (Å²) in [6, 6.07) is 1.83. The zero-order valence-corrected chi connectivity index (χ0v) is 15.2. The lowest BCUT2D eigenvalue weighted by atomic mass is 9.93.